The standard InChI is InChI=1S/C17H19N3O4S/c1-3-9-24-13-7-6-11(10-14(13)23-2)15(21)19-20-16(22)12-5-4-8-18-17(12)25/h4-8,10H,3,9H2,1-2H3,(H,18,25)(H,19,21)(H,20,22). The van der Waals surface area contributed by atoms with Crippen molar-refractivity contribution < 1.29 is 19.1 Å². The lowest BCUT2D eigenvalue weighted by Gasteiger charge is -2.12. The molecule has 0 fully saturated rings. The van der Waals surface area contributed by atoms with Crippen LogP contribution in [0.1, 0.15) is 34.1 Å². The Morgan fingerprint density at radius 3 is 2.60 bits per heavy atom. The molecule has 8 heteroatoms. The predicted molar refractivity (Wildman–Crippen MR) is 95.3 cm³/mol. The maximum absolute atomic E-state index is 12.2. The molecule has 132 valence electrons. The molecule has 1 heterocycles. The first kappa shape index (κ1) is 18.5. The number of H-pyrrole nitrogens is 1. The molecule has 0 saturated carbocycles. The van der Waals surface area contributed by atoms with Crippen molar-refractivity contribution >= 4 is 24.0 Å². The Balaban J connectivity index is 2.04. The maximum Gasteiger partial charge on any atom is 0.272 e. The zero-order valence-corrected chi connectivity index (χ0v) is 14.7. The minimum atomic E-state index is -0.509. The molecule has 1 aromatic carbocycles. The fourth-order valence-corrected chi connectivity index (χ4v) is 2.22. The van der Waals surface area contributed by atoms with Crippen molar-refractivity contribution in [3.63, 3.8) is 0 Å². The summed E-state index contributed by atoms with van der Waals surface area (Å²) in [6, 6.07) is 7.99. The van der Waals surface area contributed by atoms with Gasteiger partial charge in [-0.1, -0.05) is 19.1 Å². The van der Waals surface area contributed by atoms with Crippen LogP contribution in [0, 0.1) is 4.64 Å². The van der Waals surface area contributed by atoms with Gasteiger partial charge in [0.05, 0.1) is 19.3 Å². The lowest BCUT2D eigenvalue weighted by molar-refractivity contribution is 0.0846. The quantitative estimate of drug-likeness (QED) is 0.543. The molecule has 0 aliphatic rings. The Labute approximate surface area is 150 Å². The van der Waals surface area contributed by atoms with E-state index in [2.05, 4.69) is 15.8 Å². The van der Waals surface area contributed by atoms with Gasteiger partial charge in [0.25, 0.3) is 11.8 Å². The lowest BCUT2D eigenvalue weighted by Crippen LogP contribution is -2.41. The highest BCUT2D eigenvalue weighted by atomic mass is 32.1. The topological polar surface area (TPSA) is 92.5 Å². The summed E-state index contributed by atoms with van der Waals surface area (Å²) in [5.74, 6) is 0.00280. The van der Waals surface area contributed by atoms with Gasteiger partial charge in [-0.15, -0.1) is 0 Å². The molecule has 0 saturated heterocycles. The fourth-order valence-electron chi connectivity index (χ4n) is 1.99. The van der Waals surface area contributed by atoms with Crippen molar-refractivity contribution in [1.82, 2.24) is 15.8 Å². The molecule has 7 nitrogen and oxygen atoms in total. The molecular formula is C17H19N3O4S. The normalized spacial score (nSPS) is 10.0. The first-order chi connectivity index (χ1) is 12.1. The number of benzene rings is 1. The van der Waals surface area contributed by atoms with Crippen molar-refractivity contribution in [3.05, 3.63) is 52.3 Å². The number of pyridine rings is 1. The van der Waals surface area contributed by atoms with Crippen molar-refractivity contribution in [2.75, 3.05) is 13.7 Å². The molecule has 0 unspecified atom stereocenters. The van der Waals surface area contributed by atoms with E-state index in [1.165, 1.54) is 7.11 Å². The number of amides is 2. The van der Waals surface area contributed by atoms with Crippen molar-refractivity contribution in [2.45, 2.75) is 13.3 Å². The van der Waals surface area contributed by atoms with Crippen LogP contribution in [-0.2, 0) is 0 Å². The van der Waals surface area contributed by atoms with E-state index in [0.717, 1.165) is 6.42 Å². The third-order valence-electron chi connectivity index (χ3n) is 3.24. The number of carbonyl (C=O) groups excluding carboxylic acids is 2. The average Bonchev–Trinajstić information content (AvgIpc) is 2.64. The summed E-state index contributed by atoms with van der Waals surface area (Å²) in [6.45, 7) is 2.55. The predicted octanol–water partition coefficient (Wildman–Crippen LogP) is 2.62. The van der Waals surface area contributed by atoms with Gasteiger partial charge in [-0.3, -0.25) is 20.4 Å². The van der Waals surface area contributed by atoms with Gasteiger partial charge in [0.2, 0.25) is 0 Å². The van der Waals surface area contributed by atoms with Crippen LogP contribution in [0.4, 0.5) is 0 Å². The van der Waals surface area contributed by atoms with Crippen molar-refractivity contribution in [3.8, 4) is 11.5 Å². The monoisotopic (exact) mass is 361 g/mol. The third-order valence-corrected chi connectivity index (χ3v) is 3.58. The van der Waals surface area contributed by atoms with Gasteiger partial charge < -0.3 is 14.5 Å². The van der Waals surface area contributed by atoms with E-state index in [9.17, 15) is 9.59 Å². The van der Waals surface area contributed by atoms with Gasteiger partial charge in [-0.2, -0.15) is 0 Å². The first-order valence-electron chi connectivity index (χ1n) is 7.66. The summed E-state index contributed by atoms with van der Waals surface area (Å²) >= 11 is 5.02. The number of ether oxygens (including phenoxy) is 2. The Kier molecular flexibility index (Phi) is 6.53. The number of methoxy groups -OCH3 is 1. The van der Waals surface area contributed by atoms with Crippen LogP contribution in [-0.4, -0.2) is 30.5 Å². The molecule has 1 aromatic heterocycles. The highest BCUT2D eigenvalue weighted by molar-refractivity contribution is 7.71. The molecule has 0 aliphatic carbocycles. The van der Waals surface area contributed by atoms with E-state index in [0.29, 0.717) is 23.7 Å². The lowest BCUT2D eigenvalue weighted by atomic mass is 10.2. The summed E-state index contributed by atoms with van der Waals surface area (Å²) in [5, 5.41) is 0. The Morgan fingerprint density at radius 1 is 1.16 bits per heavy atom. The number of hydrazine groups is 1. The van der Waals surface area contributed by atoms with Crippen LogP contribution in [0.2, 0.25) is 0 Å². The third kappa shape index (κ3) is 4.80. The van der Waals surface area contributed by atoms with E-state index in [4.69, 9.17) is 21.7 Å². The van der Waals surface area contributed by atoms with Crippen molar-refractivity contribution in [1.29, 1.82) is 0 Å². The van der Waals surface area contributed by atoms with Crippen LogP contribution in [0.15, 0.2) is 36.5 Å². The van der Waals surface area contributed by atoms with E-state index in [-0.39, 0.29) is 10.2 Å². The van der Waals surface area contributed by atoms with Gasteiger partial charge >= 0.3 is 0 Å². The molecule has 0 atom stereocenters. The minimum Gasteiger partial charge on any atom is -0.493 e. The number of rotatable bonds is 6. The van der Waals surface area contributed by atoms with E-state index in [1.54, 1.807) is 36.5 Å². The smallest absolute Gasteiger partial charge is 0.272 e. The zero-order valence-electron chi connectivity index (χ0n) is 13.9. The summed E-state index contributed by atoms with van der Waals surface area (Å²) in [7, 11) is 1.49. The Bertz CT molecular complexity index is 820. The summed E-state index contributed by atoms with van der Waals surface area (Å²) in [5.41, 5.74) is 5.25. The summed E-state index contributed by atoms with van der Waals surface area (Å²) in [4.78, 5) is 27.0. The summed E-state index contributed by atoms with van der Waals surface area (Å²) < 4.78 is 11.1. The van der Waals surface area contributed by atoms with Crippen LogP contribution in [0.25, 0.3) is 0 Å². The number of nitrogens with one attached hydrogen (secondary N) is 3. The molecule has 2 amide bonds. The molecule has 25 heavy (non-hydrogen) atoms. The number of carbonyl (C=O) groups is 2. The molecule has 0 aliphatic heterocycles. The minimum absolute atomic E-state index is 0.263. The van der Waals surface area contributed by atoms with E-state index >= 15 is 0 Å². The molecule has 0 radical (unpaired) electrons. The molecule has 2 rings (SSSR count). The second-order valence-electron chi connectivity index (χ2n) is 5.04. The van der Waals surface area contributed by atoms with Crippen LogP contribution < -0.4 is 20.3 Å². The maximum atomic E-state index is 12.2. The van der Waals surface area contributed by atoms with Gasteiger partial charge in [0.15, 0.2) is 11.5 Å². The molecule has 0 bridgehead atoms. The molecule has 0 spiro atoms. The van der Waals surface area contributed by atoms with Gasteiger partial charge in [-0.05, 0) is 36.8 Å². The number of aromatic amines is 1. The van der Waals surface area contributed by atoms with Gasteiger partial charge in [0, 0.05) is 11.8 Å². The first-order valence-corrected chi connectivity index (χ1v) is 8.06. The highest BCUT2D eigenvalue weighted by Crippen LogP contribution is 2.28. The highest BCUT2D eigenvalue weighted by Gasteiger charge is 2.13. The Morgan fingerprint density at radius 2 is 1.92 bits per heavy atom. The van der Waals surface area contributed by atoms with Gasteiger partial charge in [-0.25, -0.2) is 0 Å². The van der Waals surface area contributed by atoms with Crippen LogP contribution >= 0.6 is 12.2 Å². The van der Waals surface area contributed by atoms with E-state index < -0.39 is 11.8 Å². The van der Waals surface area contributed by atoms with E-state index in [1.807, 2.05) is 6.92 Å². The summed E-state index contributed by atoms with van der Waals surface area (Å²) in [6.07, 6.45) is 2.48. The zero-order chi connectivity index (χ0) is 18.2. The Hall–Kier alpha value is -2.87. The molecular weight excluding hydrogens is 342 g/mol. The second-order valence-corrected chi connectivity index (χ2v) is 5.44. The van der Waals surface area contributed by atoms with Crippen molar-refractivity contribution in [2.24, 2.45) is 0 Å². The molecule has 2 aromatic rings. The number of hydrogen-bond acceptors (Lipinski definition) is 5. The number of aromatic nitrogens is 1. The number of hydrogen-bond donors (Lipinski definition) is 3. The van der Waals surface area contributed by atoms with Crippen LogP contribution in [0.3, 0.4) is 0 Å². The largest absolute Gasteiger partial charge is 0.493 e. The van der Waals surface area contributed by atoms with Crippen LogP contribution in [0.5, 0.6) is 11.5 Å². The average molecular weight is 361 g/mol. The fraction of sp³-hybridized carbons (Fsp3) is 0.235. The molecule has 3 N–H and O–H groups in total. The SMILES string of the molecule is CCCOc1ccc(C(=O)NNC(=O)c2ccc[nH]c2=S)cc1OC. The second kappa shape index (κ2) is 8.84. The van der Waals surface area contributed by atoms with Gasteiger partial charge in [0.1, 0.15) is 4.64 Å².